The van der Waals surface area contributed by atoms with Gasteiger partial charge in [-0.25, -0.2) is 4.79 Å². The molecule has 1 aliphatic heterocycles. The van der Waals surface area contributed by atoms with E-state index >= 15 is 0 Å². The minimum atomic E-state index is -0.795. The predicted octanol–water partition coefficient (Wildman–Crippen LogP) is 0.725. The molecule has 4 heteroatoms. The second kappa shape index (κ2) is 4.30. The van der Waals surface area contributed by atoms with Crippen molar-refractivity contribution in [2.75, 3.05) is 19.6 Å². The van der Waals surface area contributed by atoms with E-state index in [4.69, 9.17) is 10.8 Å². The number of carboxylic acid groups (broad SMARTS) is 1. The number of piperidine rings is 1. The molecular formula is C8H16N2O2. The number of nitrogens with two attached hydrogens (primary N) is 1. The summed E-state index contributed by atoms with van der Waals surface area (Å²) in [5.41, 5.74) is 5.41. The monoisotopic (exact) mass is 172 g/mol. The second-order valence-corrected chi connectivity index (χ2v) is 3.31. The van der Waals surface area contributed by atoms with Gasteiger partial charge in [-0.3, -0.25) is 0 Å². The molecule has 1 unspecified atom stereocenters. The first-order valence-corrected chi connectivity index (χ1v) is 4.42. The van der Waals surface area contributed by atoms with Crippen molar-refractivity contribution in [2.24, 2.45) is 11.7 Å². The van der Waals surface area contributed by atoms with Crippen LogP contribution in [-0.4, -0.2) is 35.7 Å². The van der Waals surface area contributed by atoms with Gasteiger partial charge in [0.1, 0.15) is 0 Å². The first-order chi connectivity index (χ1) is 5.74. The van der Waals surface area contributed by atoms with Crippen LogP contribution in [0.3, 0.4) is 0 Å². The summed E-state index contributed by atoms with van der Waals surface area (Å²) >= 11 is 0. The van der Waals surface area contributed by atoms with Crippen LogP contribution in [0.2, 0.25) is 0 Å². The van der Waals surface area contributed by atoms with E-state index in [1.807, 2.05) is 0 Å². The third kappa shape index (κ3) is 2.37. The fourth-order valence-electron chi connectivity index (χ4n) is 1.71. The highest BCUT2D eigenvalue weighted by molar-refractivity contribution is 5.65. The van der Waals surface area contributed by atoms with Gasteiger partial charge in [-0.2, -0.15) is 0 Å². The van der Waals surface area contributed by atoms with Crippen LogP contribution in [-0.2, 0) is 0 Å². The Bertz CT molecular complexity index is 159. The Hall–Kier alpha value is -0.770. The SMILES string of the molecule is NCCC1CCCN(C(=O)O)C1. The second-order valence-electron chi connectivity index (χ2n) is 3.31. The van der Waals surface area contributed by atoms with Crippen LogP contribution in [0.15, 0.2) is 0 Å². The van der Waals surface area contributed by atoms with Crippen LogP contribution >= 0.6 is 0 Å². The molecule has 12 heavy (non-hydrogen) atoms. The third-order valence-electron chi connectivity index (χ3n) is 2.36. The summed E-state index contributed by atoms with van der Waals surface area (Å²) in [4.78, 5) is 12.1. The lowest BCUT2D eigenvalue weighted by Gasteiger charge is -2.30. The topological polar surface area (TPSA) is 66.6 Å². The lowest BCUT2D eigenvalue weighted by molar-refractivity contribution is 0.119. The fraction of sp³-hybridized carbons (Fsp3) is 0.875. The van der Waals surface area contributed by atoms with Crippen LogP contribution in [0.4, 0.5) is 4.79 Å². The molecule has 0 spiro atoms. The lowest BCUT2D eigenvalue weighted by Crippen LogP contribution is -2.39. The summed E-state index contributed by atoms with van der Waals surface area (Å²) in [7, 11) is 0. The zero-order valence-electron chi connectivity index (χ0n) is 7.20. The van der Waals surface area contributed by atoms with Crippen LogP contribution in [0.5, 0.6) is 0 Å². The maximum absolute atomic E-state index is 10.6. The van der Waals surface area contributed by atoms with Crippen LogP contribution in [0, 0.1) is 5.92 Å². The Morgan fingerprint density at radius 1 is 1.67 bits per heavy atom. The molecule has 0 aromatic carbocycles. The number of carbonyl (C=O) groups is 1. The molecular weight excluding hydrogens is 156 g/mol. The third-order valence-corrected chi connectivity index (χ3v) is 2.36. The predicted molar refractivity (Wildman–Crippen MR) is 46.0 cm³/mol. The average molecular weight is 172 g/mol. The molecule has 0 aromatic rings. The number of amides is 1. The number of nitrogens with zero attached hydrogens (tertiary/aromatic N) is 1. The molecule has 1 amide bonds. The van der Waals surface area contributed by atoms with Crippen molar-refractivity contribution < 1.29 is 9.90 Å². The molecule has 70 valence electrons. The molecule has 0 saturated carbocycles. The van der Waals surface area contributed by atoms with Crippen LogP contribution in [0.25, 0.3) is 0 Å². The largest absolute Gasteiger partial charge is 0.465 e. The van der Waals surface area contributed by atoms with Gasteiger partial charge >= 0.3 is 6.09 Å². The fourth-order valence-corrected chi connectivity index (χ4v) is 1.71. The molecule has 1 rings (SSSR count). The van der Waals surface area contributed by atoms with Crippen LogP contribution in [0.1, 0.15) is 19.3 Å². The van der Waals surface area contributed by atoms with Gasteiger partial charge in [0, 0.05) is 13.1 Å². The normalized spacial score (nSPS) is 24.1. The highest BCUT2D eigenvalue weighted by Gasteiger charge is 2.22. The number of likely N-dealkylation sites (tertiary alicyclic amines) is 1. The van der Waals surface area contributed by atoms with E-state index in [1.54, 1.807) is 0 Å². The number of hydrogen-bond acceptors (Lipinski definition) is 2. The summed E-state index contributed by atoms with van der Waals surface area (Å²) in [6, 6.07) is 0. The summed E-state index contributed by atoms with van der Waals surface area (Å²) in [6.45, 7) is 2.03. The Morgan fingerprint density at radius 2 is 2.42 bits per heavy atom. The van der Waals surface area contributed by atoms with E-state index in [0.717, 1.165) is 19.3 Å². The van der Waals surface area contributed by atoms with Crippen molar-refractivity contribution in [1.29, 1.82) is 0 Å². The van der Waals surface area contributed by atoms with Gasteiger partial charge in [0.25, 0.3) is 0 Å². The van der Waals surface area contributed by atoms with Crippen LogP contribution < -0.4 is 5.73 Å². The smallest absolute Gasteiger partial charge is 0.407 e. The Kier molecular flexibility index (Phi) is 3.34. The molecule has 1 atom stereocenters. The Balaban J connectivity index is 2.35. The van der Waals surface area contributed by atoms with Gasteiger partial charge in [-0.1, -0.05) is 0 Å². The Labute approximate surface area is 72.3 Å². The first-order valence-electron chi connectivity index (χ1n) is 4.42. The van der Waals surface area contributed by atoms with Gasteiger partial charge in [-0.05, 0) is 31.7 Å². The highest BCUT2D eigenvalue weighted by atomic mass is 16.4. The molecule has 0 radical (unpaired) electrons. The molecule has 1 aliphatic rings. The summed E-state index contributed by atoms with van der Waals surface area (Å²) in [6.07, 6.45) is 2.26. The maximum atomic E-state index is 10.6. The molecule has 1 fully saturated rings. The lowest BCUT2D eigenvalue weighted by atomic mass is 9.95. The van der Waals surface area contributed by atoms with Gasteiger partial charge in [0.05, 0.1) is 0 Å². The van der Waals surface area contributed by atoms with E-state index in [9.17, 15) is 4.79 Å². The van der Waals surface area contributed by atoms with Crippen molar-refractivity contribution in [3.8, 4) is 0 Å². The van der Waals surface area contributed by atoms with E-state index in [-0.39, 0.29) is 0 Å². The summed E-state index contributed by atoms with van der Waals surface area (Å²) < 4.78 is 0. The van der Waals surface area contributed by atoms with Gasteiger partial charge < -0.3 is 15.7 Å². The number of hydrogen-bond donors (Lipinski definition) is 2. The zero-order chi connectivity index (χ0) is 8.97. The number of rotatable bonds is 2. The standard InChI is InChI=1S/C8H16N2O2/c9-4-3-7-2-1-5-10(6-7)8(11)12/h7H,1-6,9H2,(H,11,12). The first kappa shape index (κ1) is 9.32. The van der Waals surface area contributed by atoms with Crippen molar-refractivity contribution in [3.05, 3.63) is 0 Å². The molecule has 1 saturated heterocycles. The van der Waals surface area contributed by atoms with Crippen molar-refractivity contribution in [3.63, 3.8) is 0 Å². The van der Waals surface area contributed by atoms with Crippen molar-refractivity contribution in [2.45, 2.75) is 19.3 Å². The Morgan fingerprint density at radius 3 is 3.00 bits per heavy atom. The molecule has 0 bridgehead atoms. The molecule has 0 aromatic heterocycles. The van der Waals surface area contributed by atoms with Gasteiger partial charge in [0.2, 0.25) is 0 Å². The molecule has 3 N–H and O–H groups in total. The zero-order valence-corrected chi connectivity index (χ0v) is 7.20. The van der Waals surface area contributed by atoms with Gasteiger partial charge in [0.15, 0.2) is 0 Å². The van der Waals surface area contributed by atoms with E-state index in [2.05, 4.69) is 0 Å². The van der Waals surface area contributed by atoms with E-state index in [1.165, 1.54) is 4.90 Å². The minimum absolute atomic E-state index is 0.486. The minimum Gasteiger partial charge on any atom is -0.465 e. The van der Waals surface area contributed by atoms with Crippen molar-refractivity contribution in [1.82, 2.24) is 4.90 Å². The molecule has 4 nitrogen and oxygen atoms in total. The maximum Gasteiger partial charge on any atom is 0.407 e. The van der Waals surface area contributed by atoms with Gasteiger partial charge in [-0.15, -0.1) is 0 Å². The van der Waals surface area contributed by atoms with Crippen molar-refractivity contribution >= 4 is 6.09 Å². The van der Waals surface area contributed by atoms with E-state index < -0.39 is 6.09 Å². The quantitative estimate of drug-likeness (QED) is 0.645. The summed E-state index contributed by atoms with van der Waals surface area (Å²) in [5.74, 6) is 0.486. The summed E-state index contributed by atoms with van der Waals surface area (Å²) in [5, 5.41) is 8.72. The highest BCUT2D eigenvalue weighted by Crippen LogP contribution is 2.18. The van der Waals surface area contributed by atoms with E-state index in [0.29, 0.717) is 25.6 Å². The average Bonchev–Trinajstić information content (AvgIpc) is 2.05. The molecule has 0 aliphatic carbocycles. The molecule has 1 heterocycles.